The first-order chi connectivity index (χ1) is 18.2. The molecule has 0 saturated carbocycles. The first-order valence-electron chi connectivity index (χ1n) is 13.0. The van der Waals surface area contributed by atoms with Crippen LogP contribution in [0, 0.1) is 0 Å². The minimum atomic E-state index is -1.19. The molecule has 0 radical (unpaired) electrons. The van der Waals surface area contributed by atoms with Gasteiger partial charge in [0.1, 0.15) is 6.04 Å². The molecule has 13 heteroatoms. The Kier molecular flexibility index (Phi) is 10.2. The number of unbranched alkanes of at least 4 members (excludes halogenated alkanes) is 1. The van der Waals surface area contributed by atoms with E-state index in [4.69, 9.17) is 4.74 Å². The quantitative estimate of drug-likeness (QED) is 0.229. The van der Waals surface area contributed by atoms with E-state index in [1.54, 1.807) is 31.2 Å². The maximum Gasteiger partial charge on any atom is 0.328 e. The van der Waals surface area contributed by atoms with E-state index in [0.717, 1.165) is 5.01 Å². The number of hydrogen-bond donors (Lipinski definition) is 2. The summed E-state index contributed by atoms with van der Waals surface area (Å²) in [5, 5.41) is 14.9. The zero-order chi connectivity index (χ0) is 27.4. The molecule has 0 spiro atoms. The van der Waals surface area contributed by atoms with E-state index in [1.165, 1.54) is 9.91 Å². The lowest BCUT2D eigenvalue weighted by Gasteiger charge is -2.42. The molecule has 2 saturated heterocycles. The Labute approximate surface area is 236 Å². The lowest BCUT2D eigenvalue weighted by Crippen LogP contribution is -2.62. The summed E-state index contributed by atoms with van der Waals surface area (Å²) < 4.78 is 5.19. The summed E-state index contributed by atoms with van der Waals surface area (Å²) in [7, 11) is 0. The highest BCUT2D eigenvalue weighted by atomic mass is 79.9. The molecular weight excluding hydrogens is 576 g/mol. The Bertz CT molecular complexity index is 1110. The van der Waals surface area contributed by atoms with Crippen molar-refractivity contribution in [1.29, 1.82) is 0 Å². The van der Waals surface area contributed by atoms with Crippen LogP contribution in [0.15, 0.2) is 24.3 Å². The van der Waals surface area contributed by atoms with Gasteiger partial charge in [0.2, 0.25) is 5.91 Å². The number of carboxylic acids is 1. The van der Waals surface area contributed by atoms with E-state index >= 15 is 0 Å². The molecule has 3 heterocycles. The van der Waals surface area contributed by atoms with Crippen LogP contribution in [0.2, 0.25) is 0 Å². The molecule has 0 aromatic heterocycles. The van der Waals surface area contributed by atoms with E-state index in [-0.39, 0.29) is 80.1 Å². The largest absolute Gasteiger partial charge is 0.480 e. The van der Waals surface area contributed by atoms with Gasteiger partial charge in [-0.3, -0.25) is 39.2 Å². The van der Waals surface area contributed by atoms with Crippen molar-refractivity contribution in [3.63, 3.8) is 0 Å². The van der Waals surface area contributed by atoms with Gasteiger partial charge in [-0.25, -0.2) is 9.80 Å². The van der Waals surface area contributed by atoms with Gasteiger partial charge in [0.05, 0.1) is 23.8 Å². The molecule has 0 unspecified atom stereocenters. The zero-order valence-corrected chi connectivity index (χ0v) is 23.4. The number of esters is 1. The molecule has 212 valence electrons. The number of amides is 4. The van der Waals surface area contributed by atoms with E-state index < -0.39 is 36.0 Å². The molecule has 2 fully saturated rings. The van der Waals surface area contributed by atoms with Crippen molar-refractivity contribution in [2.75, 3.05) is 19.7 Å². The first-order valence-corrected chi connectivity index (χ1v) is 13.0. The normalized spacial score (nSPS) is 21.6. The second-order valence-corrected chi connectivity index (χ2v) is 9.56. The maximum absolute atomic E-state index is 13.4. The van der Waals surface area contributed by atoms with Gasteiger partial charge in [-0.15, -0.1) is 17.0 Å². The number of carboxylic acid groups (broad SMARTS) is 1. The van der Waals surface area contributed by atoms with Crippen molar-refractivity contribution < 1.29 is 38.6 Å². The molecule has 2 N–H and O–H groups in total. The number of rotatable bonds is 10. The molecule has 0 bridgehead atoms. The smallest absolute Gasteiger partial charge is 0.328 e. The fraction of sp³-hybridized carbons (Fsp3) is 0.538. The first kappa shape index (κ1) is 30.2. The van der Waals surface area contributed by atoms with Gasteiger partial charge in [-0.1, -0.05) is 12.1 Å². The van der Waals surface area contributed by atoms with Crippen molar-refractivity contribution in [3.05, 3.63) is 35.4 Å². The lowest BCUT2D eigenvalue weighted by atomic mass is 10.0. The molecule has 3 aliphatic heterocycles. The molecular formula is C26H33BrN4O8. The van der Waals surface area contributed by atoms with Crippen LogP contribution in [-0.2, 0) is 23.9 Å². The van der Waals surface area contributed by atoms with Gasteiger partial charge >= 0.3 is 11.9 Å². The van der Waals surface area contributed by atoms with Crippen LogP contribution in [0.5, 0.6) is 0 Å². The fourth-order valence-corrected chi connectivity index (χ4v) is 5.23. The Balaban J connectivity index is 0.00000420. The molecule has 4 rings (SSSR count). The molecule has 0 aliphatic carbocycles. The van der Waals surface area contributed by atoms with Crippen LogP contribution < -0.4 is 5.32 Å². The van der Waals surface area contributed by atoms with E-state index in [2.05, 4.69) is 5.32 Å². The van der Waals surface area contributed by atoms with Crippen LogP contribution in [0.1, 0.15) is 72.6 Å². The molecule has 1 aromatic rings. The number of hydrazine groups is 1. The Morgan fingerprint density at radius 1 is 1.08 bits per heavy atom. The number of nitrogens with one attached hydrogen (secondary N) is 1. The highest BCUT2D eigenvalue weighted by Crippen LogP contribution is 2.26. The van der Waals surface area contributed by atoms with Gasteiger partial charge in [-0.05, 0) is 57.6 Å². The summed E-state index contributed by atoms with van der Waals surface area (Å²) >= 11 is 0. The van der Waals surface area contributed by atoms with Crippen molar-refractivity contribution >= 4 is 52.5 Å². The van der Waals surface area contributed by atoms with Crippen molar-refractivity contribution in [2.45, 2.75) is 70.0 Å². The molecule has 3 atom stereocenters. The summed E-state index contributed by atoms with van der Waals surface area (Å²) in [6.45, 7) is 2.24. The van der Waals surface area contributed by atoms with Crippen LogP contribution in [0.4, 0.5) is 0 Å². The number of carbonyl (C=O) groups excluding carboxylic acids is 5. The average Bonchev–Trinajstić information content (AvgIpc) is 3.08. The van der Waals surface area contributed by atoms with Crippen LogP contribution in [0.3, 0.4) is 0 Å². The predicted molar refractivity (Wildman–Crippen MR) is 142 cm³/mol. The van der Waals surface area contributed by atoms with Gasteiger partial charge in [0.25, 0.3) is 17.7 Å². The highest BCUT2D eigenvalue weighted by Gasteiger charge is 2.45. The van der Waals surface area contributed by atoms with Gasteiger partial charge in [0.15, 0.2) is 6.04 Å². The van der Waals surface area contributed by atoms with Crippen LogP contribution in [0.25, 0.3) is 0 Å². The summed E-state index contributed by atoms with van der Waals surface area (Å²) in [4.78, 5) is 77.0. The second-order valence-electron chi connectivity index (χ2n) is 9.56. The molecule has 39 heavy (non-hydrogen) atoms. The topological polar surface area (TPSA) is 154 Å². The molecule has 12 nitrogen and oxygen atoms in total. The van der Waals surface area contributed by atoms with E-state index in [0.29, 0.717) is 30.4 Å². The number of halogens is 1. The third-order valence-electron chi connectivity index (χ3n) is 7.12. The third-order valence-corrected chi connectivity index (χ3v) is 7.12. The summed E-state index contributed by atoms with van der Waals surface area (Å²) in [6, 6.07) is 3.64. The number of hydrogen-bond acceptors (Lipinski definition) is 8. The number of ether oxygens (including phenoxy) is 1. The molecule has 3 aliphatic rings. The number of carbonyl (C=O) groups is 6. The summed E-state index contributed by atoms with van der Waals surface area (Å²) in [5.74, 6) is -3.35. The standard InChI is InChI=1S/C26H32N4O8.BrH/c1-2-38-26(37)19(10-5-6-14-28-22(32)16-8-3-4-9-17(16)23(28)33)27-18-12-13-21(31)29-15-7-11-20(25(35)36)30(29)24(18)34;/h3-4,8-9,18-20,27H,2,5-7,10-15H2,1H3,(H,35,36);1H/t18-,19-,20-;/m0./s1. The van der Waals surface area contributed by atoms with Gasteiger partial charge in [-0.2, -0.15) is 0 Å². The average molecular weight is 609 g/mol. The third kappa shape index (κ3) is 6.30. The van der Waals surface area contributed by atoms with Gasteiger partial charge < -0.3 is 9.84 Å². The highest BCUT2D eigenvalue weighted by molar-refractivity contribution is 8.93. The summed E-state index contributed by atoms with van der Waals surface area (Å²) in [5.41, 5.74) is 0.743. The predicted octanol–water partition coefficient (Wildman–Crippen LogP) is 1.53. The van der Waals surface area contributed by atoms with E-state index in [1.807, 2.05) is 0 Å². The maximum atomic E-state index is 13.4. The van der Waals surface area contributed by atoms with E-state index in [9.17, 15) is 33.9 Å². The van der Waals surface area contributed by atoms with Crippen molar-refractivity contribution in [2.24, 2.45) is 0 Å². The zero-order valence-electron chi connectivity index (χ0n) is 21.7. The monoisotopic (exact) mass is 608 g/mol. The number of nitrogens with zero attached hydrogens (tertiary/aromatic N) is 3. The van der Waals surface area contributed by atoms with Gasteiger partial charge in [0, 0.05) is 19.5 Å². The minimum absolute atomic E-state index is 0. The molecule has 1 aromatic carbocycles. The SMILES string of the molecule is Br.CCOC(=O)[C@H](CCCCN1C(=O)c2ccccc2C1=O)N[C@H]1CCC(=O)N2CCC[C@@H](C(=O)O)N2C1=O. The number of imide groups is 1. The molecule has 4 amide bonds. The number of aliphatic carboxylic acids is 1. The van der Waals surface area contributed by atoms with Crippen LogP contribution in [-0.4, -0.2) is 93.4 Å². The summed E-state index contributed by atoms with van der Waals surface area (Å²) in [6.07, 6.45) is 1.98. The Morgan fingerprint density at radius 3 is 2.36 bits per heavy atom. The van der Waals surface area contributed by atoms with Crippen molar-refractivity contribution in [1.82, 2.24) is 20.2 Å². The van der Waals surface area contributed by atoms with Crippen LogP contribution >= 0.6 is 17.0 Å². The number of benzene rings is 1. The van der Waals surface area contributed by atoms with Crippen molar-refractivity contribution in [3.8, 4) is 0 Å². The fourth-order valence-electron chi connectivity index (χ4n) is 5.23. The minimum Gasteiger partial charge on any atom is -0.480 e. The second kappa shape index (κ2) is 13.2. The Hall–Kier alpha value is -3.32. The lowest BCUT2D eigenvalue weighted by molar-refractivity contribution is -0.181. The Morgan fingerprint density at radius 2 is 1.74 bits per heavy atom. The number of fused-ring (bicyclic) bond motifs is 2.